The predicted octanol–water partition coefficient (Wildman–Crippen LogP) is 4.75. The van der Waals surface area contributed by atoms with Crippen LogP contribution in [0.25, 0.3) is 10.2 Å². The molecule has 1 aliphatic heterocycles. The van der Waals surface area contributed by atoms with Gasteiger partial charge >= 0.3 is 0 Å². The molecule has 1 aromatic heterocycles. The van der Waals surface area contributed by atoms with Gasteiger partial charge in [0.05, 0.1) is 30.0 Å². The minimum absolute atomic E-state index is 0.0287. The molecule has 1 saturated heterocycles. The molecule has 6 heteroatoms. The summed E-state index contributed by atoms with van der Waals surface area (Å²) in [6, 6.07) is 11.7. The van der Waals surface area contributed by atoms with Gasteiger partial charge in [-0.25, -0.2) is 4.98 Å². The van der Waals surface area contributed by atoms with Crippen LogP contribution in [0.4, 0.5) is 5.13 Å². The van der Waals surface area contributed by atoms with Gasteiger partial charge in [-0.1, -0.05) is 29.0 Å². The molecule has 0 saturated carbocycles. The summed E-state index contributed by atoms with van der Waals surface area (Å²) in [6.45, 7) is 5.29. The number of carbonyl (C=O) groups excluding carboxylic acids is 1. The van der Waals surface area contributed by atoms with Crippen molar-refractivity contribution in [3.05, 3.63) is 53.1 Å². The summed E-state index contributed by atoms with van der Waals surface area (Å²) in [4.78, 5) is 20.0. The second kappa shape index (κ2) is 7.89. The average molecular weight is 397 g/mol. The number of anilines is 1. The van der Waals surface area contributed by atoms with E-state index in [9.17, 15) is 4.79 Å². The van der Waals surface area contributed by atoms with E-state index in [2.05, 4.69) is 0 Å². The molecule has 1 atom stereocenters. The quantitative estimate of drug-likeness (QED) is 0.625. The number of hydrogen-bond acceptors (Lipinski definition) is 5. The fraction of sp³-hybridized carbons (Fsp3) is 0.364. The Kier molecular flexibility index (Phi) is 5.33. The molecule has 1 fully saturated rings. The van der Waals surface area contributed by atoms with Crippen LogP contribution in [0.3, 0.4) is 0 Å². The number of amides is 1. The molecule has 1 aliphatic rings. The SMILES string of the molecule is COc1ccc2nc(N(CC3CCCO3)C(=O)c3ccc(C)cc3C)sc2c1. The number of methoxy groups -OCH3 is 1. The van der Waals surface area contributed by atoms with E-state index in [4.69, 9.17) is 14.5 Å². The lowest BCUT2D eigenvalue weighted by Gasteiger charge is -2.24. The van der Waals surface area contributed by atoms with Gasteiger partial charge in [0, 0.05) is 12.2 Å². The number of thiazole rings is 1. The van der Waals surface area contributed by atoms with E-state index in [0.29, 0.717) is 17.2 Å². The molecule has 0 bridgehead atoms. The van der Waals surface area contributed by atoms with Gasteiger partial charge in [0.25, 0.3) is 5.91 Å². The highest BCUT2D eigenvalue weighted by Gasteiger charge is 2.27. The number of fused-ring (bicyclic) bond motifs is 1. The molecule has 146 valence electrons. The Bertz CT molecular complexity index is 1010. The number of benzene rings is 2. The van der Waals surface area contributed by atoms with Gasteiger partial charge in [0.15, 0.2) is 5.13 Å². The second-order valence-corrected chi connectivity index (χ2v) is 8.21. The lowest BCUT2D eigenvalue weighted by molar-refractivity contribution is 0.0917. The van der Waals surface area contributed by atoms with Crippen molar-refractivity contribution in [3.8, 4) is 5.75 Å². The van der Waals surface area contributed by atoms with Crippen molar-refractivity contribution >= 4 is 32.6 Å². The van der Waals surface area contributed by atoms with E-state index in [1.54, 1.807) is 12.0 Å². The standard InChI is InChI=1S/C22H24N2O3S/c1-14-6-8-18(15(2)11-14)21(25)24(13-17-5-4-10-27-17)22-23-19-9-7-16(26-3)12-20(19)28-22/h6-9,11-12,17H,4-5,10,13H2,1-3H3. The maximum absolute atomic E-state index is 13.5. The molecule has 2 heterocycles. The maximum Gasteiger partial charge on any atom is 0.260 e. The van der Waals surface area contributed by atoms with Crippen LogP contribution in [0.15, 0.2) is 36.4 Å². The molecule has 5 nitrogen and oxygen atoms in total. The number of carbonyl (C=O) groups is 1. The van der Waals surface area contributed by atoms with Crippen molar-refractivity contribution in [1.82, 2.24) is 4.98 Å². The molecule has 2 aromatic carbocycles. The summed E-state index contributed by atoms with van der Waals surface area (Å²) in [7, 11) is 1.65. The van der Waals surface area contributed by atoms with Gasteiger partial charge in [-0.15, -0.1) is 0 Å². The summed E-state index contributed by atoms with van der Waals surface area (Å²) < 4.78 is 12.1. The fourth-order valence-corrected chi connectivity index (χ4v) is 4.58. The molecule has 28 heavy (non-hydrogen) atoms. The van der Waals surface area contributed by atoms with Gasteiger partial charge in [0.2, 0.25) is 0 Å². The zero-order valence-corrected chi connectivity index (χ0v) is 17.2. The van der Waals surface area contributed by atoms with Crippen LogP contribution in [0.1, 0.15) is 34.3 Å². The first kappa shape index (κ1) is 18.9. The number of nitrogens with zero attached hydrogens (tertiary/aromatic N) is 2. The van der Waals surface area contributed by atoms with Crippen molar-refractivity contribution in [2.24, 2.45) is 0 Å². The topological polar surface area (TPSA) is 51.7 Å². The average Bonchev–Trinajstić information content (AvgIpc) is 3.34. The Labute approximate surface area is 168 Å². The van der Waals surface area contributed by atoms with Crippen LogP contribution in [0, 0.1) is 13.8 Å². The lowest BCUT2D eigenvalue weighted by atomic mass is 10.0. The molecular formula is C22H24N2O3S. The van der Waals surface area contributed by atoms with Crippen molar-refractivity contribution in [2.75, 3.05) is 25.2 Å². The highest BCUT2D eigenvalue weighted by atomic mass is 32.1. The number of hydrogen-bond donors (Lipinski definition) is 0. The third-order valence-corrected chi connectivity index (χ3v) is 6.12. The maximum atomic E-state index is 13.5. The number of ether oxygens (including phenoxy) is 2. The lowest BCUT2D eigenvalue weighted by Crippen LogP contribution is -2.37. The Morgan fingerprint density at radius 2 is 2.14 bits per heavy atom. The molecule has 0 N–H and O–H groups in total. The van der Waals surface area contributed by atoms with Crippen LogP contribution in [0.5, 0.6) is 5.75 Å². The Hall–Kier alpha value is -2.44. The summed E-state index contributed by atoms with van der Waals surface area (Å²) in [6.07, 6.45) is 2.05. The largest absolute Gasteiger partial charge is 0.497 e. The summed E-state index contributed by atoms with van der Waals surface area (Å²) in [5.74, 6) is 0.758. The van der Waals surface area contributed by atoms with Crippen molar-refractivity contribution < 1.29 is 14.3 Å². The van der Waals surface area contributed by atoms with Crippen molar-refractivity contribution in [2.45, 2.75) is 32.8 Å². The van der Waals surface area contributed by atoms with Crippen LogP contribution in [-0.2, 0) is 4.74 Å². The predicted molar refractivity (Wildman–Crippen MR) is 113 cm³/mol. The van der Waals surface area contributed by atoms with Crippen molar-refractivity contribution in [3.63, 3.8) is 0 Å². The molecule has 1 amide bonds. The first-order valence-corrected chi connectivity index (χ1v) is 10.3. The number of rotatable bonds is 5. The van der Waals surface area contributed by atoms with E-state index in [1.807, 2.05) is 50.2 Å². The first-order chi connectivity index (χ1) is 13.5. The van der Waals surface area contributed by atoms with Crippen LogP contribution in [-0.4, -0.2) is 37.3 Å². The molecule has 0 radical (unpaired) electrons. The minimum atomic E-state index is -0.0287. The van der Waals surface area contributed by atoms with E-state index in [1.165, 1.54) is 11.3 Å². The van der Waals surface area contributed by atoms with E-state index >= 15 is 0 Å². The fourth-order valence-electron chi connectivity index (χ4n) is 3.57. The smallest absolute Gasteiger partial charge is 0.260 e. The van der Waals surface area contributed by atoms with Gasteiger partial charge in [-0.05, 0) is 56.5 Å². The molecule has 3 aromatic rings. The molecule has 1 unspecified atom stereocenters. The van der Waals surface area contributed by atoms with E-state index in [-0.39, 0.29) is 12.0 Å². The van der Waals surface area contributed by atoms with E-state index < -0.39 is 0 Å². The van der Waals surface area contributed by atoms with Gasteiger partial charge in [0.1, 0.15) is 5.75 Å². The van der Waals surface area contributed by atoms with Gasteiger partial charge < -0.3 is 9.47 Å². The summed E-state index contributed by atoms with van der Waals surface area (Å²) in [5, 5.41) is 0.698. The third-order valence-electron chi connectivity index (χ3n) is 5.08. The summed E-state index contributed by atoms with van der Waals surface area (Å²) in [5.41, 5.74) is 3.70. The normalized spacial score (nSPS) is 16.5. The molecule has 0 spiro atoms. The second-order valence-electron chi connectivity index (χ2n) is 7.20. The highest BCUT2D eigenvalue weighted by Crippen LogP contribution is 2.33. The minimum Gasteiger partial charge on any atom is -0.497 e. The van der Waals surface area contributed by atoms with E-state index in [0.717, 1.165) is 46.5 Å². The first-order valence-electron chi connectivity index (χ1n) is 9.50. The zero-order valence-electron chi connectivity index (χ0n) is 16.4. The Morgan fingerprint density at radius 1 is 1.29 bits per heavy atom. The third kappa shape index (κ3) is 3.75. The Morgan fingerprint density at radius 3 is 2.86 bits per heavy atom. The van der Waals surface area contributed by atoms with Gasteiger partial charge in [-0.2, -0.15) is 0 Å². The molecule has 0 aliphatic carbocycles. The zero-order chi connectivity index (χ0) is 19.7. The Balaban J connectivity index is 1.73. The van der Waals surface area contributed by atoms with Gasteiger partial charge in [-0.3, -0.25) is 9.69 Å². The van der Waals surface area contributed by atoms with Crippen LogP contribution in [0.2, 0.25) is 0 Å². The van der Waals surface area contributed by atoms with Crippen LogP contribution < -0.4 is 9.64 Å². The van der Waals surface area contributed by atoms with Crippen LogP contribution >= 0.6 is 11.3 Å². The van der Waals surface area contributed by atoms with Crippen molar-refractivity contribution in [1.29, 1.82) is 0 Å². The molecular weight excluding hydrogens is 372 g/mol. The monoisotopic (exact) mass is 396 g/mol. The number of aromatic nitrogens is 1. The highest BCUT2D eigenvalue weighted by molar-refractivity contribution is 7.22. The number of aryl methyl sites for hydroxylation is 2. The summed E-state index contributed by atoms with van der Waals surface area (Å²) >= 11 is 1.51. The molecule has 4 rings (SSSR count).